The molecule has 2 aliphatic carbocycles. The normalized spacial score (nSPS) is 35.6. The van der Waals surface area contributed by atoms with Crippen molar-refractivity contribution >= 4 is 11.9 Å². The van der Waals surface area contributed by atoms with Crippen LogP contribution in [0.4, 0.5) is 0 Å². The van der Waals surface area contributed by atoms with Gasteiger partial charge in [0.25, 0.3) is 0 Å². The molecule has 2 aliphatic rings. The van der Waals surface area contributed by atoms with Gasteiger partial charge in [0.2, 0.25) is 5.91 Å². The van der Waals surface area contributed by atoms with Crippen LogP contribution in [0.3, 0.4) is 0 Å². The zero-order valence-electron chi connectivity index (χ0n) is 11.2. The van der Waals surface area contributed by atoms with Gasteiger partial charge in [-0.15, -0.1) is 0 Å². The van der Waals surface area contributed by atoms with E-state index >= 15 is 0 Å². The SMILES string of the molecule is O=C(O)C1CCCC1C(=O)NC1CCCCCC1O. The quantitative estimate of drug-likeness (QED) is 0.674. The predicted molar refractivity (Wildman–Crippen MR) is 69.5 cm³/mol. The summed E-state index contributed by atoms with van der Waals surface area (Å²) in [5, 5.41) is 22.0. The van der Waals surface area contributed by atoms with Gasteiger partial charge in [-0.05, 0) is 25.7 Å². The van der Waals surface area contributed by atoms with Gasteiger partial charge < -0.3 is 15.5 Å². The predicted octanol–water partition coefficient (Wildman–Crippen LogP) is 1.30. The van der Waals surface area contributed by atoms with E-state index in [-0.39, 0.29) is 11.9 Å². The Morgan fingerprint density at radius 3 is 2.32 bits per heavy atom. The first-order chi connectivity index (χ1) is 9.09. The van der Waals surface area contributed by atoms with Crippen LogP contribution in [0.25, 0.3) is 0 Å². The van der Waals surface area contributed by atoms with Crippen molar-refractivity contribution < 1.29 is 19.8 Å². The van der Waals surface area contributed by atoms with E-state index < -0.39 is 23.9 Å². The minimum atomic E-state index is -0.876. The van der Waals surface area contributed by atoms with Crippen LogP contribution >= 0.6 is 0 Å². The molecule has 0 saturated heterocycles. The standard InChI is InChI=1S/C14H23NO4/c16-12-8-3-1-2-7-11(12)15-13(17)9-5-4-6-10(9)14(18)19/h9-12,16H,1-8H2,(H,15,17)(H,18,19). The minimum absolute atomic E-state index is 0.184. The number of carbonyl (C=O) groups excluding carboxylic acids is 1. The molecule has 2 saturated carbocycles. The molecule has 5 nitrogen and oxygen atoms in total. The second kappa shape index (κ2) is 6.37. The van der Waals surface area contributed by atoms with Crippen LogP contribution in [0.15, 0.2) is 0 Å². The van der Waals surface area contributed by atoms with Gasteiger partial charge in [0, 0.05) is 0 Å². The maximum Gasteiger partial charge on any atom is 0.307 e. The van der Waals surface area contributed by atoms with E-state index in [2.05, 4.69) is 5.32 Å². The number of hydrogen-bond acceptors (Lipinski definition) is 3. The van der Waals surface area contributed by atoms with Crippen molar-refractivity contribution in [1.29, 1.82) is 0 Å². The molecule has 2 fully saturated rings. The van der Waals surface area contributed by atoms with Gasteiger partial charge in [0.1, 0.15) is 0 Å². The van der Waals surface area contributed by atoms with E-state index in [9.17, 15) is 14.7 Å². The molecule has 0 heterocycles. The monoisotopic (exact) mass is 269 g/mol. The first kappa shape index (κ1) is 14.3. The van der Waals surface area contributed by atoms with Crippen LogP contribution in [0, 0.1) is 11.8 Å². The van der Waals surface area contributed by atoms with Crippen LogP contribution in [0.5, 0.6) is 0 Å². The lowest BCUT2D eigenvalue weighted by atomic mass is 9.94. The second-order valence-electron chi connectivity index (χ2n) is 5.80. The number of carbonyl (C=O) groups is 2. The molecule has 0 aliphatic heterocycles. The van der Waals surface area contributed by atoms with Gasteiger partial charge in [-0.25, -0.2) is 0 Å². The maximum absolute atomic E-state index is 12.2. The fourth-order valence-corrected chi connectivity index (χ4v) is 3.32. The lowest BCUT2D eigenvalue weighted by molar-refractivity contribution is -0.146. The molecule has 0 aromatic rings. The van der Waals surface area contributed by atoms with Gasteiger partial charge in [-0.1, -0.05) is 25.7 Å². The molecule has 4 unspecified atom stereocenters. The van der Waals surface area contributed by atoms with Crippen molar-refractivity contribution in [2.75, 3.05) is 0 Å². The molecule has 0 radical (unpaired) electrons. The Labute approximate surface area is 113 Å². The molecular weight excluding hydrogens is 246 g/mol. The molecule has 0 bridgehead atoms. The topological polar surface area (TPSA) is 86.6 Å². The van der Waals surface area contributed by atoms with E-state index in [0.29, 0.717) is 12.8 Å². The van der Waals surface area contributed by atoms with Crippen LogP contribution in [0.2, 0.25) is 0 Å². The Hall–Kier alpha value is -1.10. The molecule has 0 aromatic carbocycles. The molecule has 0 aromatic heterocycles. The highest BCUT2D eigenvalue weighted by Crippen LogP contribution is 2.32. The molecule has 19 heavy (non-hydrogen) atoms. The molecule has 108 valence electrons. The molecular formula is C14H23NO4. The summed E-state index contributed by atoms with van der Waals surface area (Å²) in [6, 6.07) is -0.204. The summed E-state index contributed by atoms with van der Waals surface area (Å²) >= 11 is 0. The van der Waals surface area contributed by atoms with Crippen molar-refractivity contribution in [3.63, 3.8) is 0 Å². The highest BCUT2D eigenvalue weighted by molar-refractivity contribution is 5.85. The third-order valence-electron chi connectivity index (χ3n) is 4.48. The molecule has 4 atom stereocenters. The fourth-order valence-electron chi connectivity index (χ4n) is 3.32. The summed E-state index contributed by atoms with van der Waals surface area (Å²) in [7, 11) is 0. The summed E-state index contributed by atoms with van der Waals surface area (Å²) in [5.74, 6) is -2.04. The number of carboxylic acids is 1. The number of carboxylic acid groups (broad SMARTS) is 1. The number of aliphatic hydroxyl groups is 1. The van der Waals surface area contributed by atoms with E-state index in [1.54, 1.807) is 0 Å². The van der Waals surface area contributed by atoms with Gasteiger partial charge in [0.05, 0.1) is 24.0 Å². The highest BCUT2D eigenvalue weighted by atomic mass is 16.4. The van der Waals surface area contributed by atoms with Crippen molar-refractivity contribution in [3.8, 4) is 0 Å². The Kier molecular flexibility index (Phi) is 4.80. The molecule has 1 amide bonds. The third kappa shape index (κ3) is 3.47. The highest BCUT2D eigenvalue weighted by Gasteiger charge is 2.38. The molecule has 2 rings (SSSR count). The largest absolute Gasteiger partial charge is 0.481 e. The Balaban J connectivity index is 1.94. The number of aliphatic hydroxyl groups excluding tert-OH is 1. The fraction of sp³-hybridized carbons (Fsp3) is 0.857. The zero-order chi connectivity index (χ0) is 13.8. The number of nitrogens with one attached hydrogen (secondary N) is 1. The summed E-state index contributed by atoms with van der Waals surface area (Å²) in [6.45, 7) is 0. The summed E-state index contributed by atoms with van der Waals surface area (Å²) in [6.07, 6.45) is 6.13. The van der Waals surface area contributed by atoms with E-state index in [0.717, 1.165) is 38.5 Å². The van der Waals surface area contributed by atoms with Crippen LogP contribution in [-0.2, 0) is 9.59 Å². The Bertz CT molecular complexity index is 344. The Morgan fingerprint density at radius 1 is 0.895 bits per heavy atom. The molecule has 0 spiro atoms. The number of hydrogen-bond donors (Lipinski definition) is 3. The van der Waals surface area contributed by atoms with Crippen LogP contribution in [0.1, 0.15) is 51.4 Å². The smallest absolute Gasteiger partial charge is 0.307 e. The van der Waals surface area contributed by atoms with Crippen molar-refractivity contribution in [3.05, 3.63) is 0 Å². The Morgan fingerprint density at radius 2 is 1.58 bits per heavy atom. The van der Waals surface area contributed by atoms with Crippen LogP contribution in [-0.4, -0.2) is 34.2 Å². The van der Waals surface area contributed by atoms with Gasteiger partial charge in [0.15, 0.2) is 0 Å². The zero-order valence-corrected chi connectivity index (χ0v) is 11.2. The third-order valence-corrected chi connectivity index (χ3v) is 4.48. The minimum Gasteiger partial charge on any atom is -0.481 e. The van der Waals surface area contributed by atoms with Crippen LogP contribution < -0.4 is 5.32 Å². The summed E-state index contributed by atoms with van der Waals surface area (Å²) in [5.41, 5.74) is 0. The second-order valence-corrected chi connectivity index (χ2v) is 5.80. The average Bonchev–Trinajstić information content (AvgIpc) is 2.78. The number of aliphatic carboxylic acids is 1. The first-order valence-corrected chi connectivity index (χ1v) is 7.31. The molecule has 5 heteroatoms. The van der Waals surface area contributed by atoms with Crippen molar-refractivity contribution in [1.82, 2.24) is 5.32 Å². The van der Waals surface area contributed by atoms with Gasteiger partial charge in [-0.2, -0.15) is 0 Å². The van der Waals surface area contributed by atoms with E-state index in [1.165, 1.54) is 0 Å². The average molecular weight is 269 g/mol. The van der Waals surface area contributed by atoms with E-state index in [4.69, 9.17) is 5.11 Å². The summed E-state index contributed by atoms with van der Waals surface area (Å²) in [4.78, 5) is 23.3. The summed E-state index contributed by atoms with van der Waals surface area (Å²) < 4.78 is 0. The number of rotatable bonds is 3. The lowest BCUT2D eigenvalue weighted by Gasteiger charge is -2.24. The first-order valence-electron chi connectivity index (χ1n) is 7.31. The van der Waals surface area contributed by atoms with Crippen molar-refractivity contribution in [2.45, 2.75) is 63.5 Å². The maximum atomic E-state index is 12.2. The van der Waals surface area contributed by atoms with Crippen molar-refractivity contribution in [2.24, 2.45) is 11.8 Å². The van der Waals surface area contributed by atoms with Gasteiger partial charge >= 0.3 is 5.97 Å². The molecule has 3 N–H and O–H groups in total. The van der Waals surface area contributed by atoms with Gasteiger partial charge in [-0.3, -0.25) is 9.59 Å². The van der Waals surface area contributed by atoms with E-state index in [1.807, 2.05) is 0 Å². The number of amides is 1. The lowest BCUT2D eigenvalue weighted by Crippen LogP contribution is -2.46.